The number of benzene rings is 1. The molecule has 0 bridgehead atoms. The molecule has 6 heteroatoms. The summed E-state index contributed by atoms with van der Waals surface area (Å²) in [6, 6.07) is 6.87. The number of aromatic carboxylic acids is 1. The highest BCUT2D eigenvalue weighted by Gasteiger charge is 2.26. The number of carboxylic acid groups (broad SMARTS) is 1. The first-order valence-electron chi connectivity index (χ1n) is 8.76. The molecule has 1 heterocycles. The fourth-order valence-corrected chi connectivity index (χ4v) is 2.63. The summed E-state index contributed by atoms with van der Waals surface area (Å²) < 4.78 is 0. The highest BCUT2D eigenvalue weighted by molar-refractivity contribution is 5.87. The number of hydrazone groups is 1. The van der Waals surface area contributed by atoms with Crippen LogP contribution in [0.4, 0.5) is 5.82 Å². The van der Waals surface area contributed by atoms with Gasteiger partial charge in [0.2, 0.25) is 0 Å². The maximum absolute atomic E-state index is 10.9. The summed E-state index contributed by atoms with van der Waals surface area (Å²) in [6.07, 6.45) is 2.94. The molecule has 2 aromatic rings. The second-order valence-electron chi connectivity index (χ2n) is 8.57. The van der Waals surface area contributed by atoms with Crippen LogP contribution >= 0.6 is 0 Å². The van der Waals surface area contributed by atoms with Crippen molar-refractivity contribution in [1.82, 2.24) is 4.98 Å². The van der Waals surface area contributed by atoms with Crippen LogP contribution in [0.3, 0.4) is 0 Å². The SMILES string of the molecule is CC(C)(C)c1cc(/C=N/Nc2ccc(C(=O)O)cn2)cc(C(C)(C)C)c1O. The molecular weight excluding hydrogens is 342 g/mol. The van der Waals surface area contributed by atoms with Crippen LogP contribution in [-0.2, 0) is 10.8 Å². The number of phenolic OH excluding ortho intramolecular Hbond substituents is 1. The lowest BCUT2D eigenvalue weighted by molar-refractivity contribution is 0.0696. The van der Waals surface area contributed by atoms with Gasteiger partial charge in [0.15, 0.2) is 0 Å². The molecule has 27 heavy (non-hydrogen) atoms. The van der Waals surface area contributed by atoms with Gasteiger partial charge in [-0.05, 0) is 40.7 Å². The van der Waals surface area contributed by atoms with Gasteiger partial charge in [-0.15, -0.1) is 0 Å². The quantitative estimate of drug-likeness (QED) is 0.544. The number of carboxylic acids is 1. The third-order valence-corrected chi connectivity index (χ3v) is 4.15. The first kappa shape index (κ1) is 20.4. The monoisotopic (exact) mass is 369 g/mol. The van der Waals surface area contributed by atoms with Gasteiger partial charge >= 0.3 is 5.97 Å². The lowest BCUT2D eigenvalue weighted by atomic mass is 9.78. The summed E-state index contributed by atoms with van der Waals surface area (Å²) in [4.78, 5) is 14.9. The van der Waals surface area contributed by atoms with Gasteiger partial charge < -0.3 is 10.2 Å². The molecule has 1 aromatic carbocycles. The molecule has 144 valence electrons. The molecule has 0 saturated carbocycles. The average Bonchev–Trinajstić information content (AvgIpc) is 2.54. The molecule has 0 spiro atoms. The Morgan fingerprint density at radius 1 is 1.07 bits per heavy atom. The number of pyridine rings is 1. The predicted octanol–water partition coefficient (Wildman–Crippen LogP) is 4.53. The van der Waals surface area contributed by atoms with Gasteiger partial charge in [-0.1, -0.05) is 41.5 Å². The third kappa shape index (κ3) is 5.06. The Morgan fingerprint density at radius 3 is 2.04 bits per heavy atom. The van der Waals surface area contributed by atoms with Gasteiger partial charge in [-0.25, -0.2) is 9.78 Å². The number of carbonyl (C=O) groups is 1. The highest BCUT2D eigenvalue weighted by Crippen LogP contribution is 2.39. The van der Waals surface area contributed by atoms with Crippen LogP contribution in [0, 0.1) is 0 Å². The van der Waals surface area contributed by atoms with E-state index >= 15 is 0 Å². The maximum Gasteiger partial charge on any atom is 0.337 e. The van der Waals surface area contributed by atoms with Crippen LogP contribution in [0.2, 0.25) is 0 Å². The van der Waals surface area contributed by atoms with Gasteiger partial charge in [-0.2, -0.15) is 5.10 Å². The lowest BCUT2D eigenvalue weighted by Gasteiger charge is -2.27. The fourth-order valence-electron chi connectivity index (χ4n) is 2.63. The lowest BCUT2D eigenvalue weighted by Crippen LogP contribution is -2.18. The van der Waals surface area contributed by atoms with E-state index in [4.69, 9.17) is 5.11 Å². The molecule has 0 radical (unpaired) electrons. The van der Waals surface area contributed by atoms with E-state index in [1.165, 1.54) is 12.3 Å². The summed E-state index contributed by atoms with van der Waals surface area (Å²) in [5.41, 5.74) is 5.07. The Balaban J connectivity index is 2.32. The molecule has 0 fully saturated rings. The Labute approximate surface area is 160 Å². The first-order chi connectivity index (χ1) is 12.4. The number of anilines is 1. The van der Waals surface area contributed by atoms with Gasteiger partial charge in [0.05, 0.1) is 11.8 Å². The van der Waals surface area contributed by atoms with E-state index in [-0.39, 0.29) is 16.4 Å². The minimum atomic E-state index is -1.02. The Hall–Kier alpha value is -2.89. The second kappa shape index (κ2) is 7.39. The average molecular weight is 369 g/mol. The van der Waals surface area contributed by atoms with E-state index in [1.54, 1.807) is 12.3 Å². The topological polar surface area (TPSA) is 94.8 Å². The van der Waals surface area contributed by atoms with Crippen LogP contribution in [0.25, 0.3) is 0 Å². The summed E-state index contributed by atoms with van der Waals surface area (Å²) in [5.74, 6) is -0.251. The van der Waals surface area contributed by atoms with E-state index in [1.807, 2.05) is 12.1 Å². The smallest absolute Gasteiger partial charge is 0.337 e. The van der Waals surface area contributed by atoms with Crippen LogP contribution < -0.4 is 5.43 Å². The van der Waals surface area contributed by atoms with Crippen LogP contribution in [0.1, 0.15) is 68.6 Å². The van der Waals surface area contributed by atoms with E-state index in [9.17, 15) is 9.90 Å². The zero-order valence-corrected chi connectivity index (χ0v) is 16.7. The van der Waals surface area contributed by atoms with E-state index in [0.717, 1.165) is 16.7 Å². The fraction of sp³-hybridized carbons (Fsp3) is 0.381. The predicted molar refractivity (Wildman–Crippen MR) is 108 cm³/mol. The molecule has 0 aliphatic heterocycles. The minimum Gasteiger partial charge on any atom is -0.507 e. The van der Waals surface area contributed by atoms with Crippen molar-refractivity contribution in [3.05, 3.63) is 52.7 Å². The number of hydrogen-bond acceptors (Lipinski definition) is 5. The van der Waals surface area contributed by atoms with Crippen molar-refractivity contribution >= 4 is 18.0 Å². The van der Waals surface area contributed by atoms with Crippen molar-refractivity contribution in [3.8, 4) is 5.75 Å². The number of phenols is 1. The molecule has 1 aromatic heterocycles. The van der Waals surface area contributed by atoms with Crippen LogP contribution in [0.15, 0.2) is 35.6 Å². The Morgan fingerprint density at radius 2 is 1.63 bits per heavy atom. The summed E-state index contributed by atoms with van der Waals surface area (Å²) in [6.45, 7) is 12.3. The van der Waals surface area contributed by atoms with Gasteiger partial charge in [0.25, 0.3) is 0 Å². The zero-order valence-electron chi connectivity index (χ0n) is 16.7. The molecular formula is C21H27N3O3. The molecule has 0 saturated heterocycles. The van der Waals surface area contributed by atoms with Crippen molar-refractivity contribution in [2.75, 3.05) is 5.43 Å². The number of nitrogens with zero attached hydrogens (tertiary/aromatic N) is 2. The van der Waals surface area contributed by atoms with Crippen molar-refractivity contribution in [2.45, 2.75) is 52.4 Å². The number of aromatic hydroxyl groups is 1. The van der Waals surface area contributed by atoms with Crippen molar-refractivity contribution < 1.29 is 15.0 Å². The number of rotatable bonds is 4. The zero-order chi connectivity index (χ0) is 20.4. The Kier molecular flexibility index (Phi) is 5.59. The molecule has 3 N–H and O–H groups in total. The van der Waals surface area contributed by atoms with Crippen molar-refractivity contribution in [3.63, 3.8) is 0 Å². The largest absolute Gasteiger partial charge is 0.507 e. The molecule has 0 aliphatic rings. The summed E-state index contributed by atoms with van der Waals surface area (Å²) in [7, 11) is 0. The van der Waals surface area contributed by atoms with Gasteiger partial charge in [0.1, 0.15) is 11.6 Å². The van der Waals surface area contributed by atoms with Gasteiger partial charge in [0, 0.05) is 17.3 Å². The van der Waals surface area contributed by atoms with E-state index < -0.39 is 5.97 Å². The number of aromatic nitrogens is 1. The van der Waals surface area contributed by atoms with Crippen molar-refractivity contribution in [1.29, 1.82) is 0 Å². The standard InChI is InChI=1S/C21H27N3O3/c1-20(2,3)15-9-13(10-16(18(15)25)21(4,5)6)11-23-24-17-8-7-14(12-22-17)19(26)27/h7-12,25H,1-6H3,(H,22,24)(H,26,27)/b23-11+. The maximum atomic E-state index is 10.9. The minimum absolute atomic E-state index is 0.118. The van der Waals surface area contributed by atoms with Crippen LogP contribution in [-0.4, -0.2) is 27.4 Å². The van der Waals surface area contributed by atoms with E-state index in [0.29, 0.717) is 11.6 Å². The molecule has 0 aliphatic carbocycles. The summed E-state index contributed by atoms with van der Waals surface area (Å²) >= 11 is 0. The highest BCUT2D eigenvalue weighted by atomic mass is 16.4. The second-order valence-corrected chi connectivity index (χ2v) is 8.57. The number of hydrogen-bond donors (Lipinski definition) is 3. The number of nitrogens with one attached hydrogen (secondary N) is 1. The molecule has 0 amide bonds. The van der Waals surface area contributed by atoms with Crippen LogP contribution in [0.5, 0.6) is 5.75 Å². The van der Waals surface area contributed by atoms with E-state index in [2.05, 4.69) is 57.1 Å². The molecule has 6 nitrogen and oxygen atoms in total. The molecule has 0 atom stereocenters. The van der Waals surface area contributed by atoms with Crippen molar-refractivity contribution in [2.24, 2.45) is 5.10 Å². The third-order valence-electron chi connectivity index (χ3n) is 4.15. The molecule has 0 unspecified atom stereocenters. The van der Waals surface area contributed by atoms with Gasteiger partial charge in [-0.3, -0.25) is 5.43 Å². The normalized spacial score (nSPS) is 12.4. The molecule has 2 rings (SSSR count). The summed E-state index contributed by atoms with van der Waals surface area (Å²) in [5, 5.41) is 23.8. The Bertz CT molecular complexity index is 823. The first-order valence-corrected chi connectivity index (χ1v) is 8.76.